The van der Waals surface area contributed by atoms with Gasteiger partial charge in [0, 0.05) is 10.8 Å². The van der Waals surface area contributed by atoms with Gasteiger partial charge in [0.2, 0.25) is 0 Å². The predicted molar refractivity (Wildman–Crippen MR) is 77.3 cm³/mol. The first-order valence-corrected chi connectivity index (χ1v) is 7.63. The van der Waals surface area contributed by atoms with E-state index in [0.29, 0.717) is 12.5 Å². The number of hydrogen-bond acceptors (Lipinski definition) is 2. The van der Waals surface area contributed by atoms with E-state index in [2.05, 4.69) is 19.2 Å². The Hall–Kier alpha value is -1.42. The van der Waals surface area contributed by atoms with Crippen LogP contribution in [0.1, 0.15) is 33.1 Å². The molecule has 1 aliphatic heterocycles. The zero-order valence-electron chi connectivity index (χ0n) is 12.4. The molecule has 1 saturated heterocycles. The van der Waals surface area contributed by atoms with Crippen molar-refractivity contribution in [2.24, 2.45) is 16.7 Å². The zero-order valence-corrected chi connectivity index (χ0v) is 12.4. The molecule has 3 fully saturated rings. The molecule has 4 rings (SSSR count). The predicted octanol–water partition coefficient (Wildman–Crippen LogP) is 3.36. The van der Waals surface area contributed by atoms with E-state index in [9.17, 15) is 9.18 Å². The van der Waals surface area contributed by atoms with Gasteiger partial charge in [-0.1, -0.05) is 26.0 Å². The highest BCUT2D eigenvalue weighted by atomic mass is 19.1. The van der Waals surface area contributed by atoms with Crippen LogP contribution in [0.3, 0.4) is 0 Å². The Morgan fingerprint density at radius 1 is 1.38 bits per heavy atom. The maximum absolute atomic E-state index is 13.8. The summed E-state index contributed by atoms with van der Waals surface area (Å²) >= 11 is 0. The molecule has 4 atom stereocenters. The van der Waals surface area contributed by atoms with E-state index in [1.165, 1.54) is 12.5 Å². The van der Waals surface area contributed by atoms with E-state index in [4.69, 9.17) is 4.74 Å². The first-order valence-electron chi connectivity index (χ1n) is 7.63. The molecule has 2 saturated carbocycles. The van der Waals surface area contributed by atoms with Crippen LogP contribution >= 0.6 is 0 Å². The number of carbonyl (C=O) groups is 1. The van der Waals surface area contributed by atoms with Gasteiger partial charge in [0.05, 0.1) is 12.3 Å². The number of amides is 1. The van der Waals surface area contributed by atoms with Gasteiger partial charge in [0.25, 0.3) is 5.91 Å². The molecule has 1 heterocycles. The number of anilines is 1. The summed E-state index contributed by atoms with van der Waals surface area (Å²) in [6.45, 7) is 5.06. The molecule has 4 bridgehead atoms. The summed E-state index contributed by atoms with van der Waals surface area (Å²) in [6, 6.07) is 6.28. The summed E-state index contributed by atoms with van der Waals surface area (Å²) in [5.74, 6) is -0.0417. The third-order valence-corrected chi connectivity index (χ3v) is 6.69. The highest BCUT2D eigenvalue weighted by Crippen LogP contribution is 2.75. The number of carbonyl (C=O) groups excluding carboxylic acids is 1. The Morgan fingerprint density at radius 3 is 2.81 bits per heavy atom. The number of rotatable bonds is 2. The lowest BCUT2D eigenvalue weighted by Crippen LogP contribution is -2.52. The van der Waals surface area contributed by atoms with Gasteiger partial charge >= 0.3 is 0 Å². The smallest absolute Gasteiger partial charge is 0.257 e. The van der Waals surface area contributed by atoms with Crippen molar-refractivity contribution in [3.63, 3.8) is 0 Å². The number of halogens is 1. The molecule has 21 heavy (non-hydrogen) atoms. The van der Waals surface area contributed by atoms with Gasteiger partial charge < -0.3 is 10.1 Å². The van der Waals surface area contributed by atoms with Crippen molar-refractivity contribution in [2.45, 2.75) is 38.7 Å². The van der Waals surface area contributed by atoms with Gasteiger partial charge in [-0.15, -0.1) is 0 Å². The molecule has 3 aliphatic rings. The van der Waals surface area contributed by atoms with Crippen molar-refractivity contribution in [1.29, 1.82) is 0 Å². The van der Waals surface area contributed by atoms with E-state index in [-0.39, 0.29) is 22.4 Å². The van der Waals surface area contributed by atoms with Crippen molar-refractivity contribution >= 4 is 11.6 Å². The van der Waals surface area contributed by atoms with Crippen LogP contribution in [-0.4, -0.2) is 18.1 Å². The lowest BCUT2D eigenvalue weighted by Gasteiger charge is -2.40. The maximum atomic E-state index is 13.8. The van der Waals surface area contributed by atoms with Gasteiger partial charge in [-0.3, -0.25) is 4.79 Å². The third kappa shape index (κ3) is 1.35. The molecule has 2 aliphatic carbocycles. The van der Waals surface area contributed by atoms with Crippen LogP contribution in [0.25, 0.3) is 0 Å². The quantitative estimate of drug-likeness (QED) is 0.906. The van der Waals surface area contributed by atoms with Crippen LogP contribution in [0.2, 0.25) is 0 Å². The fourth-order valence-electron chi connectivity index (χ4n) is 5.04. The van der Waals surface area contributed by atoms with Gasteiger partial charge in [-0.05, 0) is 37.3 Å². The fourth-order valence-corrected chi connectivity index (χ4v) is 5.04. The van der Waals surface area contributed by atoms with Crippen LogP contribution < -0.4 is 5.32 Å². The second kappa shape index (κ2) is 3.86. The van der Waals surface area contributed by atoms with Crippen molar-refractivity contribution in [2.75, 3.05) is 11.9 Å². The molecule has 4 heteroatoms. The lowest BCUT2D eigenvalue weighted by atomic mass is 9.66. The van der Waals surface area contributed by atoms with Crippen LogP contribution in [0.5, 0.6) is 0 Å². The Labute approximate surface area is 123 Å². The van der Waals surface area contributed by atoms with Crippen molar-refractivity contribution in [1.82, 2.24) is 0 Å². The largest absolute Gasteiger partial charge is 0.364 e. The minimum atomic E-state index is -0.785. The number of hydrogen-bond donors (Lipinski definition) is 1. The zero-order chi connectivity index (χ0) is 14.9. The van der Waals surface area contributed by atoms with Gasteiger partial charge in [-0.2, -0.15) is 0 Å². The van der Waals surface area contributed by atoms with Gasteiger partial charge in [0.1, 0.15) is 5.82 Å². The molecule has 0 aromatic heterocycles. The maximum Gasteiger partial charge on any atom is 0.257 e. The topological polar surface area (TPSA) is 38.3 Å². The summed E-state index contributed by atoms with van der Waals surface area (Å²) < 4.78 is 19.8. The minimum Gasteiger partial charge on any atom is -0.364 e. The summed E-state index contributed by atoms with van der Waals surface area (Å²) in [7, 11) is 0. The van der Waals surface area contributed by atoms with Crippen molar-refractivity contribution in [3.05, 3.63) is 30.1 Å². The average Bonchev–Trinajstić information content (AvgIpc) is 2.93. The highest BCUT2D eigenvalue weighted by Gasteiger charge is 2.78. The average molecular weight is 289 g/mol. The fraction of sp³-hybridized carbons (Fsp3) is 0.588. The Kier molecular flexibility index (Phi) is 2.44. The molecule has 0 spiro atoms. The monoisotopic (exact) mass is 289 g/mol. The molecule has 1 aromatic carbocycles. The molecule has 112 valence electrons. The summed E-state index contributed by atoms with van der Waals surface area (Å²) in [6.07, 6.45) is 2.95. The summed E-state index contributed by atoms with van der Waals surface area (Å²) in [5.41, 5.74) is -0.604. The van der Waals surface area contributed by atoms with Crippen LogP contribution in [-0.2, 0) is 9.53 Å². The van der Waals surface area contributed by atoms with Crippen molar-refractivity contribution in [3.8, 4) is 0 Å². The first kappa shape index (κ1) is 13.3. The van der Waals surface area contributed by atoms with Crippen LogP contribution in [0, 0.1) is 22.6 Å². The molecule has 3 nitrogen and oxygen atoms in total. The molecule has 0 radical (unpaired) electrons. The van der Waals surface area contributed by atoms with Crippen molar-refractivity contribution < 1.29 is 13.9 Å². The first-order chi connectivity index (χ1) is 9.93. The molecule has 2 unspecified atom stereocenters. The summed E-state index contributed by atoms with van der Waals surface area (Å²) in [5, 5.41) is 2.76. The van der Waals surface area contributed by atoms with Gasteiger partial charge in [0.15, 0.2) is 5.60 Å². The van der Waals surface area contributed by atoms with E-state index >= 15 is 0 Å². The van der Waals surface area contributed by atoms with Crippen LogP contribution in [0.15, 0.2) is 24.3 Å². The molecular weight excluding hydrogens is 269 g/mol. The van der Waals surface area contributed by atoms with E-state index in [1.807, 2.05) is 0 Å². The Balaban J connectivity index is 1.68. The molecular formula is C17H20FNO2. The second-order valence-corrected chi connectivity index (χ2v) is 7.24. The number of para-hydroxylation sites is 1. The third-order valence-electron chi connectivity index (χ3n) is 6.69. The second-order valence-electron chi connectivity index (χ2n) is 7.24. The minimum absolute atomic E-state index is 0.0829. The Morgan fingerprint density at radius 2 is 2.14 bits per heavy atom. The number of nitrogens with one attached hydrogen (secondary N) is 1. The van der Waals surface area contributed by atoms with Gasteiger partial charge in [-0.25, -0.2) is 4.39 Å². The number of benzene rings is 1. The molecule has 1 amide bonds. The number of ether oxygens (including phenoxy) is 1. The molecule has 1 N–H and O–H groups in total. The summed E-state index contributed by atoms with van der Waals surface area (Å²) in [4.78, 5) is 12.9. The Bertz CT molecular complexity index is 633. The van der Waals surface area contributed by atoms with E-state index in [1.54, 1.807) is 18.2 Å². The van der Waals surface area contributed by atoms with E-state index in [0.717, 1.165) is 12.8 Å². The standard InChI is InChI=1S/C17H20FNO2/c1-15-10-21-17(9-11(15)7-8-16(15,17)2)14(20)19-13-6-4-3-5-12(13)18/h3-6,11H,7-10H2,1-2H3,(H,19,20)/t11?,15-,16?,17+/m0/s1. The van der Waals surface area contributed by atoms with E-state index < -0.39 is 11.4 Å². The normalized spacial score (nSPS) is 43.3. The van der Waals surface area contributed by atoms with Crippen LogP contribution in [0.4, 0.5) is 10.1 Å². The highest BCUT2D eigenvalue weighted by molar-refractivity contribution is 5.99. The SMILES string of the molecule is CC12CCC3C[C@]1(C(=O)Nc1ccccc1F)OC[C@@]32C. The molecule has 1 aromatic rings. The lowest BCUT2D eigenvalue weighted by molar-refractivity contribution is -0.149.